The summed E-state index contributed by atoms with van der Waals surface area (Å²) in [5, 5.41) is 13.4. The number of hydrogen-bond acceptors (Lipinski definition) is 3. The maximum Gasteiger partial charge on any atom is 0.326 e. The molecule has 2 N–H and O–H groups in total. The highest BCUT2D eigenvalue weighted by Crippen LogP contribution is 2.11. The van der Waals surface area contributed by atoms with Crippen molar-refractivity contribution < 1.29 is 14.7 Å². The number of carbonyl (C=O) groups excluding carboxylic acids is 1. The summed E-state index contributed by atoms with van der Waals surface area (Å²) < 4.78 is 0. The standard InChI is InChI=1S/C12H18N2O3S/c1-3-5-10(11(15)16)13-12(17)14(2)8-9-6-4-7-18-9/h4,6-7,10H,3,5,8H2,1-2H3,(H,13,17)(H,15,16)/t10-/m1/s1. The average Bonchev–Trinajstić information content (AvgIpc) is 2.80. The molecule has 0 radical (unpaired) electrons. The second-order valence-corrected chi connectivity index (χ2v) is 5.10. The van der Waals surface area contributed by atoms with Gasteiger partial charge in [0.15, 0.2) is 0 Å². The maximum absolute atomic E-state index is 11.8. The number of rotatable bonds is 6. The fourth-order valence-corrected chi connectivity index (χ4v) is 2.27. The van der Waals surface area contributed by atoms with Crippen LogP contribution in [0, 0.1) is 0 Å². The summed E-state index contributed by atoms with van der Waals surface area (Å²) in [6.45, 7) is 2.37. The van der Waals surface area contributed by atoms with Crippen molar-refractivity contribution in [1.29, 1.82) is 0 Å². The fourth-order valence-electron chi connectivity index (χ4n) is 1.51. The molecule has 1 aromatic heterocycles. The summed E-state index contributed by atoms with van der Waals surface area (Å²) in [6.07, 6.45) is 1.15. The first-order valence-corrected chi connectivity index (χ1v) is 6.69. The van der Waals surface area contributed by atoms with E-state index in [0.717, 1.165) is 4.88 Å². The van der Waals surface area contributed by atoms with E-state index in [0.29, 0.717) is 19.4 Å². The van der Waals surface area contributed by atoms with E-state index in [1.54, 1.807) is 18.4 Å². The molecule has 0 saturated heterocycles. The Kier molecular flexibility index (Phi) is 5.64. The van der Waals surface area contributed by atoms with Gasteiger partial charge in [-0.2, -0.15) is 0 Å². The first-order chi connectivity index (χ1) is 8.54. The number of thiophene rings is 1. The number of amides is 2. The van der Waals surface area contributed by atoms with E-state index in [2.05, 4.69) is 5.32 Å². The molecule has 0 fully saturated rings. The number of hydrogen-bond donors (Lipinski definition) is 2. The van der Waals surface area contributed by atoms with Gasteiger partial charge in [0.1, 0.15) is 6.04 Å². The molecule has 0 spiro atoms. The Morgan fingerprint density at radius 2 is 2.28 bits per heavy atom. The van der Waals surface area contributed by atoms with Crippen molar-refractivity contribution in [1.82, 2.24) is 10.2 Å². The number of nitrogens with zero attached hydrogens (tertiary/aromatic N) is 1. The first-order valence-electron chi connectivity index (χ1n) is 5.81. The summed E-state index contributed by atoms with van der Waals surface area (Å²) >= 11 is 1.57. The number of carboxylic acids is 1. The quantitative estimate of drug-likeness (QED) is 0.832. The third kappa shape index (κ3) is 4.37. The van der Waals surface area contributed by atoms with Crippen LogP contribution in [0.1, 0.15) is 24.6 Å². The van der Waals surface area contributed by atoms with Crippen LogP contribution in [0.25, 0.3) is 0 Å². The Morgan fingerprint density at radius 3 is 2.78 bits per heavy atom. The zero-order valence-electron chi connectivity index (χ0n) is 10.5. The lowest BCUT2D eigenvalue weighted by Gasteiger charge is -2.20. The van der Waals surface area contributed by atoms with Crippen LogP contribution in [0.4, 0.5) is 4.79 Å². The molecule has 0 unspecified atom stereocenters. The van der Waals surface area contributed by atoms with Crippen molar-refractivity contribution in [3.8, 4) is 0 Å². The Morgan fingerprint density at radius 1 is 1.56 bits per heavy atom. The molecule has 1 aromatic rings. The highest BCUT2D eigenvalue weighted by atomic mass is 32.1. The van der Waals surface area contributed by atoms with E-state index < -0.39 is 12.0 Å². The van der Waals surface area contributed by atoms with Crippen molar-refractivity contribution in [2.75, 3.05) is 7.05 Å². The monoisotopic (exact) mass is 270 g/mol. The van der Waals surface area contributed by atoms with Crippen LogP contribution >= 0.6 is 11.3 Å². The third-order valence-corrected chi connectivity index (χ3v) is 3.35. The van der Waals surface area contributed by atoms with Gasteiger partial charge in [-0.3, -0.25) is 0 Å². The summed E-state index contributed by atoms with van der Waals surface area (Å²) in [5.41, 5.74) is 0. The minimum atomic E-state index is -0.991. The highest BCUT2D eigenvalue weighted by Gasteiger charge is 2.20. The average molecular weight is 270 g/mol. The van der Waals surface area contributed by atoms with Gasteiger partial charge >= 0.3 is 12.0 Å². The zero-order valence-corrected chi connectivity index (χ0v) is 11.4. The molecular weight excluding hydrogens is 252 g/mol. The molecule has 1 heterocycles. The molecule has 0 aliphatic carbocycles. The van der Waals surface area contributed by atoms with Crippen LogP contribution < -0.4 is 5.32 Å². The minimum Gasteiger partial charge on any atom is -0.480 e. The first kappa shape index (κ1) is 14.5. The number of carbonyl (C=O) groups is 2. The second-order valence-electron chi connectivity index (χ2n) is 4.06. The summed E-state index contributed by atoms with van der Waals surface area (Å²) in [4.78, 5) is 25.3. The Balaban J connectivity index is 2.50. The maximum atomic E-state index is 11.8. The van der Waals surface area contributed by atoms with Gasteiger partial charge in [-0.15, -0.1) is 11.3 Å². The van der Waals surface area contributed by atoms with E-state index in [1.807, 2.05) is 24.4 Å². The molecule has 100 valence electrons. The van der Waals surface area contributed by atoms with Crippen LogP contribution in [0.15, 0.2) is 17.5 Å². The lowest BCUT2D eigenvalue weighted by atomic mass is 10.2. The van der Waals surface area contributed by atoms with Crippen LogP contribution in [0.5, 0.6) is 0 Å². The molecule has 0 bridgehead atoms. The third-order valence-electron chi connectivity index (χ3n) is 2.49. The van der Waals surface area contributed by atoms with Crippen molar-refractivity contribution in [2.45, 2.75) is 32.4 Å². The topological polar surface area (TPSA) is 69.6 Å². The predicted octanol–water partition coefficient (Wildman–Crippen LogP) is 2.14. The lowest BCUT2D eigenvalue weighted by molar-refractivity contribution is -0.139. The van der Waals surface area contributed by atoms with E-state index in [1.165, 1.54) is 4.90 Å². The molecule has 2 amide bonds. The molecule has 0 aromatic carbocycles. The molecular formula is C12H18N2O3S. The van der Waals surface area contributed by atoms with Crippen molar-refractivity contribution in [3.05, 3.63) is 22.4 Å². The van der Waals surface area contributed by atoms with Gasteiger partial charge in [0.25, 0.3) is 0 Å². The lowest BCUT2D eigenvalue weighted by Crippen LogP contribution is -2.46. The molecule has 0 aliphatic heterocycles. The van der Waals surface area contributed by atoms with Crippen molar-refractivity contribution >= 4 is 23.3 Å². The van der Waals surface area contributed by atoms with Crippen molar-refractivity contribution in [3.63, 3.8) is 0 Å². The largest absolute Gasteiger partial charge is 0.480 e. The Hall–Kier alpha value is -1.56. The molecule has 6 heteroatoms. The van der Waals surface area contributed by atoms with Gasteiger partial charge in [0.05, 0.1) is 6.54 Å². The predicted molar refractivity (Wildman–Crippen MR) is 70.6 cm³/mol. The fraction of sp³-hybridized carbons (Fsp3) is 0.500. The van der Waals surface area contributed by atoms with Gasteiger partial charge in [-0.25, -0.2) is 9.59 Å². The number of aliphatic carboxylic acids is 1. The van der Waals surface area contributed by atoms with Gasteiger partial charge < -0.3 is 15.3 Å². The molecule has 18 heavy (non-hydrogen) atoms. The van der Waals surface area contributed by atoms with Gasteiger partial charge in [-0.1, -0.05) is 19.4 Å². The van der Waals surface area contributed by atoms with Crippen LogP contribution in [0.2, 0.25) is 0 Å². The molecule has 0 saturated carbocycles. The smallest absolute Gasteiger partial charge is 0.326 e. The summed E-state index contributed by atoms with van der Waals surface area (Å²) in [5.74, 6) is -0.991. The van der Waals surface area contributed by atoms with Crippen molar-refractivity contribution in [2.24, 2.45) is 0 Å². The Labute approximate surface area is 110 Å². The minimum absolute atomic E-state index is 0.357. The van der Waals surface area contributed by atoms with Gasteiger partial charge in [-0.05, 0) is 17.9 Å². The molecule has 1 atom stereocenters. The summed E-state index contributed by atoms with van der Waals surface area (Å²) in [7, 11) is 1.65. The number of urea groups is 1. The second kappa shape index (κ2) is 7.00. The number of carboxylic acid groups (broad SMARTS) is 1. The van der Waals surface area contributed by atoms with E-state index in [4.69, 9.17) is 5.11 Å². The SMILES string of the molecule is CCC[C@@H](NC(=O)N(C)Cc1cccs1)C(=O)O. The van der Waals surface area contributed by atoms with Crippen LogP contribution in [-0.4, -0.2) is 35.1 Å². The number of nitrogens with one attached hydrogen (secondary N) is 1. The van der Waals surface area contributed by atoms with Crippen LogP contribution in [-0.2, 0) is 11.3 Å². The molecule has 5 nitrogen and oxygen atoms in total. The Bertz CT molecular complexity index is 392. The van der Waals surface area contributed by atoms with Gasteiger partial charge in [0.2, 0.25) is 0 Å². The molecule has 0 aliphatic rings. The van der Waals surface area contributed by atoms with E-state index in [9.17, 15) is 9.59 Å². The van der Waals surface area contributed by atoms with E-state index >= 15 is 0 Å². The zero-order chi connectivity index (χ0) is 13.5. The normalized spacial score (nSPS) is 11.9. The van der Waals surface area contributed by atoms with Crippen LogP contribution in [0.3, 0.4) is 0 Å². The van der Waals surface area contributed by atoms with Gasteiger partial charge in [0, 0.05) is 11.9 Å². The molecule has 1 rings (SSSR count). The summed E-state index contributed by atoms with van der Waals surface area (Å²) in [6, 6.07) is 2.69. The highest BCUT2D eigenvalue weighted by molar-refractivity contribution is 7.09. The van der Waals surface area contributed by atoms with E-state index in [-0.39, 0.29) is 6.03 Å².